The number of nitrogens with one attached hydrogen (secondary N) is 1. The summed E-state index contributed by atoms with van der Waals surface area (Å²) in [4.78, 5) is 18.0. The lowest BCUT2D eigenvalue weighted by molar-refractivity contribution is -0.120. The maximum atomic E-state index is 12.7. The third kappa shape index (κ3) is 4.51. The average molecular weight is 465 g/mol. The first-order valence-corrected chi connectivity index (χ1v) is 11.1. The van der Waals surface area contributed by atoms with Gasteiger partial charge in [0.25, 0.3) is 10.0 Å². The molecule has 0 saturated carbocycles. The quantitative estimate of drug-likeness (QED) is 0.567. The molecule has 0 aliphatic carbocycles. The number of sulfonamides is 1. The molecule has 0 saturated heterocycles. The fourth-order valence-corrected chi connectivity index (χ4v) is 5.06. The van der Waals surface area contributed by atoms with Gasteiger partial charge in [0.05, 0.1) is 15.2 Å². The van der Waals surface area contributed by atoms with Crippen LogP contribution in [-0.2, 0) is 14.8 Å². The van der Waals surface area contributed by atoms with Crippen molar-refractivity contribution in [2.24, 2.45) is 0 Å². The van der Waals surface area contributed by atoms with Gasteiger partial charge in [-0.25, -0.2) is 13.1 Å². The molecular formula is C19H17BrN2O3S2. The maximum Gasteiger partial charge on any atom is 0.264 e. The van der Waals surface area contributed by atoms with Crippen LogP contribution in [0.3, 0.4) is 0 Å². The molecule has 1 N–H and O–H groups in total. The monoisotopic (exact) mass is 464 g/mol. The van der Waals surface area contributed by atoms with E-state index in [1.807, 2.05) is 24.3 Å². The number of fused-ring (bicyclic) bond motifs is 1. The molecule has 3 rings (SSSR count). The van der Waals surface area contributed by atoms with Crippen LogP contribution >= 0.6 is 27.7 Å². The second-order valence-corrected chi connectivity index (χ2v) is 10.6. The number of benzene rings is 2. The summed E-state index contributed by atoms with van der Waals surface area (Å²) in [5, 5.41) is 0.892. The molecule has 2 aromatic carbocycles. The van der Waals surface area contributed by atoms with Gasteiger partial charge in [-0.15, -0.1) is 11.8 Å². The van der Waals surface area contributed by atoms with Crippen LogP contribution in [0.25, 0.3) is 10.9 Å². The minimum atomic E-state index is -3.92. The highest BCUT2D eigenvalue weighted by Crippen LogP contribution is 2.37. The first kappa shape index (κ1) is 19.9. The molecule has 0 aliphatic heterocycles. The van der Waals surface area contributed by atoms with Crippen molar-refractivity contribution in [3.05, 3.63) is 65.3 Å². The van der Waals surface area contributed by atoms with Crippen molar-refractivity contribution >= 4 is 54.5 Å². The standard InChI is InChI=1S/C19H17BrN2O3S2/c1-19(2,18(23)22-27(24,25)14-6-4-3-5-7-14)26-17-10-11-21-16-9-8-13(20)12-15(16)17/h3-12H,1-2H3,(H,22,23). The largest absolute Gasteiger partial charge is 0.272 e. The predicted octanol–water partition coefficient (Wildman–Crippen LogP) is 4.37. The molecule has 1 amide bonds. The summed E-state index contributed by atoms with van der Waals surface area (Å²) in [6.45, 7) is 3.38. The number of halogens is 1. The lowest BCUT2D eigenvalue weighted by Crippen LogP contribution is -2.42. The van der Waals surface area contributed by atoms with E-state index in [-0.39, 0.29) is 4.90 Å². The third-order valence-corrected chi connectivity index (χ3v) is 6.97. The Balaban J connectivity index is 1.87. The number of hydrogen-bond donors (Lipinski definition) is 1. The molecule has 1 heterocycles. The molecule has 0 radical (unpaired) electrons. The van der Waals surface area contributed by atoms with Gasteiger partial charge < -0.3 is 0 Å². The molecule has 8 heteroatoms. The summed E-state index contributed by atoms with van der Waals surface area (Å²) >= 11 is 4.74. The number of carbonyl (C=O) groups is 1. The van der Waals surface area contributed by atoms with Crippen LogP contribution in [0, 0.1) is 0 Å². The molecule has 5 nitrogen and oxygen atoms in total. The van der Waals surface area contributed by atoms with E-state index in [2.05, 4.69) is 25.6 Å². The van der Waals surface area contributed by atoms with E-state index in [1.54, 1.807) is 38.2 Å². The van der Waals surface area contributed by atoms with Crippen LogP contribution in [0.1, 0.15) is 13.8 Å². The van der Waals surface area contributed by atoms with Crippen molar-refractivity contribution in [1.29, 1.82) is 0 Å². The lowest BCUT2D eigenvalue weighted by Gasteiger charge is -2.23. The van der Waals surface area contributed by atoms with Gasteiger partial charge >= 0.3 is 0 Å². The normalized spacial score (nSPS) is 12.1. The van der Waals surface area contributed by atoms with Crippen molar-refractivity contribution in [1.82, 2.24) is 9.71 Å². The van der Waals surface area contributed by atoms with E-state index in [9.17, 15) is 13.2 Å². The van der Waals surface area contributed by atoms with Crippen molar-refractivity contribution in [2.75, 3.05) is 0 Å². The zero-order valence-electron chi connectivity index (χ0n) is 14.6. The van der Waals surface area contributed by atoms with E-state index in [0.717, 1.165) is 20.3 Å². The highest BCUT2D eigenvalue weighted by atomic mass is 79.9. The Morgan fingerprint density at radius 1 is 1.11 bits per heavy atom. The molecule has 0 fully saturated rings. The fraction of sp³-hybridized carbons (Fsp3) is 0.158. The molecular weight excluding hydrogens is 448 g/mol. The molecule has 1 aromatic heterocycles. The van der Waals surface area contributed by atoms with Crippen molar-refractivity contribution in [3.63, 3.8) is 0 Å². The summed E-state index contributed by atoms with van der Waals surface area (Å²) < 4.78 is 26.9. The van der Waals surface area contributed by atoms with Crippen LogP contribution in [0.4, 0.5) is 0 Å². The van der Waals surface area contributed by atoms with Gasteiger partial charge in [-0.1, -0.05) is 34.1 Å². The molecule has 0 unspecified atom stereocenters. The SMILES string of the molecule is CC(C)(Sc1ccnc2ccc(Br)cc12)C(=O)NS(=O)(=O)c1ccccc1. The number of aromatic nitrogens is 1. The molecule has 0 aliphatic rings. The van der Waals surface area contributed by atoms with Crippen LogP contribution in [-0.4, -0.2) is 24.1 Å². The van der Waals surface area contributed by atoms with E-state index < -0.39 is 20.7 Å². The van der Waals surface area contributed by atoms with Gasteiger partial charge in [0.2, 0.25) is 5.91 Å². The van der Waals surface area contributed by atoms with E-state index in [1.165, 1.54) is 23.9 Å². The predicted molar refractivity (Wildman–Crippen MR) is 111 cm³/mol. The highest BCUT2D eigenvalue weighted by molar-refractivity contribution is 9.10. The Kier molecular flexibility index (Phi) is 5.60. The minimum absolute atomic E-state index is 0.0532. The summed E-state index contributed by atoms with van der Waals surface area (Å²) in [6, 6.07) is 15.4. The van der Waals surface area contributed by atoms with Gasteiger partial charge in [0, 0.05) is 21.0 Å². The van der Waals surface area contributed by atoms with Crippen molar-refractivity contribution in [2.45, 2.75) is 28.4 Å². The number of pyridine rings is 1. The first-order valence-electron chi connectivity index (χ1n) is 8.05. The Bertz CT molecular complexity index is 1100. The summed E-state index contributed by atoms with van der Waals surface area (Å²) in [6.07, 6.45) is 1.67. The Morgan fingerprint density at radius 3 is 2.52 bits per heavy atom. The molecule has 0 atom stereocenters. The van der Waals surface area contributed by atoms with E-state index in [4.69, 9.17) is 0 Å². The number of amides is 1. The van der Waals surface area contributed by atoms with Gasteiger partial charge in [-0.3, -0.25) is 9.78 Å². The lowest BCUT2D eigenvalue weighted by atomic mass is 10.2. The molecule has 27 heavy (non-hydrogen) atoms. The number of nitrogens with zero attached hydrogens (tertiary/aromatic N) is 1. The average Bonchev–Trinajstić information content (AvgIpc) is 2.62. The zero-order valence-corrected chi connectivity index (χ0v) is 17.9. The second-order valence-electron chi connectivity index (χ2n) is 6.33. The third-order valence-electron chi connectivity index (χ3n) is 3.86. The zero-order chi connectivity index (χ0) is 19.7. The topological polar surface area (TPSA) is 76.1 Å². The summed E-state index contributed by atoms with van der Waals surface area (Å²) in [5.41, 5.74) is 0.802. The second kappa shape index (κ2) is 7.61. The van der Waals surface area contributed by atoms with Gasteiger partial charge in [-0.05, 0) is 50.2 Å². The Hall–Kier alpha value is -1.90. The molecule has 140 valence electrons. The summed E-state index contributed by atoms with van der Waals surface area (Å²) in [7, 11) is -3.92. The van der Waals surface area contributed by atoms with Crippen molar-refractivity contribution < 1.29 is 13.2 Å². The van der Waals surface area contributed by atoms with Crippen LogP contribution in [0.15, 0.2) is 75.1 Å². The van der Waals surface area contributed by atoms with Crippen LogP contribution < -0.4 is 4.72 Å². The van der Waals surface area contributed by atoms with Gasteiger partial charge in [0.15, 0.2) is 0 Å². The Labute approximate surface area is 170 Å². The number of rotatable bonds is 5. The molecule has 0 spiro atoms. The van der Waals surface area contributed by atoms with E-state index >= 15 is 0 Å². The number of hydrogen-bond acceptors (Lipinski definition) is 5. The Morgan fingerprint density at radius 2 is 1.81 bits per heavy atom. The fourth-order valence-electron chi connectivity index (χ4n) is 2.41. The van der Waals surface area contributed by atoms with Crippen LogP contribution in [0.2, 0.25) is 0 Å². The molecule has 3 aromatic rings. The highest BCUT2D eigenvalue weighted by Gasteiger charge is 2.33. The van der Waals surface area contributed by atoms with E-state index in [0.29, 0.717) is 0 Å². The van der Waals surface area contributed by atoms with Crippen LogP contribution in [0.5, 0.6) is 0 Å². The van der Waals surface area contributed by atoms with Gasteiger partial charge in [-0.2, -0.15) is 0 Å². The summed E-state index contributed by atoms with van der Waals surface area (Å²) in [5.74, 6) is -0.587. The van der Waals surface area contributed by atoms with Crippen molar-refractivity contribution in [3.8, 4) is 0 Å². The maximum absolute atomic E-state index is 12.7. The van der Waals surface area contributed by atoms with Gasteiger partial charge in [0.1, 0.15) is 0 Å². The molecule has 0 bridgehead atoms. The number of carbonyl (C=O) groups excluding carboxylic acids is 1. The smallest absolute Gasteiger partial charge is 0.264 e. The minimum Gasteiger partial charge on any atom is -0.272 e. The number of thioether (sulfide) groups is 1. The first-order chi connectivity index (χ1) is 12.7.